The third kappa shape index (κ3) is 8.00. The van der Waals surface area contributed by atoms with Gasteiger partial charge in [0, 0.05) is 14.1 Å². The Hall–Kier alpha value is -2.00. The zero-order chi connectivity index (χ0) is 16.4. The van der Waals surface area contributed by atoms with E-state index in [1.54, 1.807) is 14.1 Å². The normalized spacial score (nSPS) is 9.90. The lowest BCUT2D eigenvalue weighted by atomic mass is 10.4. The van der Waals surface area contributed by atoms with Gasteiger partial charge in [0.15, 0.2) is 0 Å². The summed E-state index contributed by atoms with van der Waals surface area (Å²) in [5.41, 5.74) is 0. The third-order valence-electron chi connectivity index (χ3n) is 2.47. The quantitative estimate of drug-likeness (QED) is 0.374. The second-order valence-corrected chi connectivity index (χ2v) is 4.41. The van der Waals surface area contributed by atoms with Gasteiger partial charge < -0.3 is 25.2 Å². The SMILES string of the molecule is CNCC(=O)OC(=O)CN(C)C(=O)CN(C)C(=O)CNC. The maximum atomic E-state index is 11.8. The van der Waals surface area contributed by atoms with Crippen molar-refractivity contribution in [3.63, 3.8) is 0 Å². The van der Waals surface area contributed by atoms with Crippen LogP contribution in [-0.4, -0.2) is 87.9 Å². The van der Waals surface area contributed by atoms with Crippen molar-refractivity contribution in [2.24, 2.45) is 0 Å². The van der Waals surface area contributed by atoms with Crippen molar-refractivity contribution < 1.29 is 23.9 Å². The van der Waals surface area contributed by atoms with Crippen LogP contribution in [-0.2, 0) is 23.9 Å². The molecule has 9 heteroatoms. The van der Waals surface area contributed by atoms with Crippen molar-refractivity contribution in [2.75, 3.05) is 54.4 Å². The summed E-state index contributed by atoms with van der Waals surface area (Å²) in [4.78, 5) is 48.1. The number of carbonyl (C=O) groups excluding carboxylic acids is 4. The van der Waals surface area contributed by atoms with Gasteiger partial charge in [0.1, 0.15) is 6.54 Å². The van der Waals surface area contributed by atoms with Crippen molar-refractivity contribution in [3.05, 3.63) is 0 Å². The molecule has 0 aromatic carbocycles. The van der Waals surface area contributed by atoms with Crippen LogP contribution in [0.1, 0.15) is 0 Å². The number of esters is 2. The summed E-state index contributed by atoms with van der Waals surface area (Å²) in [6.07, 6.45) is 0. The van der Waals surface area contributed by atoms with E-state index in [-0.39, 0.29) is 32.1 Å². The van der Waals surface area contributed by atoms with Crippen LogP contribution in [0.3, 0.4) is 0 Å². The summed E-state index contributed by atoms with van der Waals surface area (Å²) >= 11 is 0. The number of rotatable bonds is 8. The Kier molecular flexibility index (Phi) is 8.90. The second kappa shape index (κ2) is 9.83. The van der Waals surface area contributed by atoms with Gasteiger partial charge in [-0.3, -0.25) is 14.4 Å². The Morgan fingerprint density at radius 1 is 0.810 bits per heavy atom. The van der Waals surface area contributed by atoms with Gasteiger partial charge in [-0.1, -0.05) is 0 Å². The van der Waals surface area contributed by atoms with Gasteiger partial charge in [-0.05, 0) is 14.1 Å². The number of hydrogen-bond donors (Lipinski definition) is 2. The standard InChI is InChI=1S/C12H22N4O5/c1-13-5-9(17)15(3)7-10(18)16(4)8-12(20)21-11(19)6-14-2/h13-14H,5-8H2,1-4H3. The van der Waals surface area contributed by atoms with Crippen molar-refractivity contribution in [3.8, 4) is 0 Å². The molecule has 0 spiro atoms. The molecule has 0 unspecified atom stereocenters. The molecule has 2 amide bonds. The minimum Gasteiger partial charge on any atom is -0.391 e. The Balaban J connectivity index is 4.23. The summed E-state index contributed by atoms with van der Waals surface area (Å²) < 4.78 is 4.48. The highest BCUT2D eigenvalue weighted by molar-refractivity contribution is 5.91. The molecule has 0 aliphatic carbocycles. The minimum atomic E-state index is -0.824. The van der Waals surface area contributed by atoms with E-state index in [1.165, 1.54) is 19.0 Å². The first kappa shape index (κ1) is 19.0. The molecule has 0 aromatic heterocycles. The van der Waals surface area contributed by atoms with Gasteiger partial charge in [-0.25, -0.2) is 4.79 Å². The predicted octanol–water partition coefficient (Wildman–Crippen LogP) is -2.59. The average molecular weight is 302 g/mol. The van der Waals surface area contributed by atoms with Crippen LogP contribution < -0.4 is 10.6 Å². The highest BCUT2D eigenvalue weighted by Gasteiger charge is 2.19. The van der Waals surface area contributed by atoms with Gasteiger partial charge in [0.25, 0.3) is 0 Å². The molecule has 120 valence electrons. The largest absolute Gasteiger partial charge is 0.391 e. The van der Waals surface area contributed by atoms with Crippen LogP contribution in [0.15, 0.2) is 0 Å². The Morgan fingerprint density at radius 2 is 1.33 bits per heavy atom. The van der Waals surface area contributed by atoms with Crippen LogP contribution in [0.2, 0.25) is 0 Å². The van der Waals surface area contributed by atoms with Gasteiger partial charge in [-0.2, -0.15) is 0 Å². The van der Waals surface area contributed by atoms with Crippen molar-refractivity contribution in [2.45, 2.75) is 0 Å². The van der Waals surface area contributed by atoms with Crippen molar-refractivity contribution >= 4 is 23.8 Å². The van der Waals surface area contributed by atoms with E-state index >= 15 is 0 Å². The molecule has 0 heterocycles. The van der Waals surface area contributed by atoms with Crippen LogP contribution in [0.5, 0.6) is 0 Å². The van der Waals surface area contributed by atoms with E-state index in [0.29, 0.717) is 0 Å². The number of hydrogen-bond acceptors (Lipinski definition) is 7. The Labute approximate surface area is 123 Å². The van der Waals surface area contributed by atoms with Gasteiger partial charge in [0.2, 0.25) is 11.8 Å². The molecule has 0 rings (SSSR count). The summed E-state index contributed by atoms with van der Waals surface area (Å²) in [5, 5.41) is 5.23. The van der Waals surface area contributed by atoms with Crippen LogP contribution in [0.25, 0.3) is 0 Å². The lowest BCUT2D eigenvalue weighted by Crippen LogP contribution is -2.43. The smallest absolute Gasteiger partial charge is 0.333 e. The Bertz CT molecular complexity index is 399. The highest BCUT2D eigenvalue weighted by atomic mass is 16.6. The Morgan fingerprint density at radius 3 is 1.86 bits per heavy atom. The summed E-state index contributed by atoms with van der Waals surface area (Å²) in [7, 11) is 6.04. The fourth-order valence-electron chi connectivity index (χ4n) is 1.32. The fourth-order valence-corrected chi connectivity index (χ4v) is 1.32. The van der Waals surface area contributed by atoms with Crippen molar-refractivity contribution in [1.29, 1.82) is 0 Å². The molecule has 21 heavy (non-hydrogen) atoms. The molecular formula is C12H22N4O5. The highest BCUT2D eigenvalue weighted by Crippen LogP contribution is 1.92. The second-order valence-electron chi connectivity index (χ2n) is 4.41. The zero-order valence-corrected chi connectivity index (χ0v) is 12.8. The lowest BCUT2D eigenvalue weighted by Gasteiger charge is -2.21. The topological polar surface area (TPSA) is 108 Å². The maximum absolute atomic E-state index is 11.8. The van der Waals surface area contributed by atoms with Crippen LogP contribution in [0, 0.1) is 0 Å². The van der Waals surface area contributed by atoms with E-state index in [9.17, 15) is 19.2 Å². The minimum absolute atomic E-state index is 0.0926. The first-order valence-corrected chi connectivity index (χ1v) is 6.32. The number of ether oxygens (including phenoxy) is 1. The summed E-state index contributed by atoms with van der Waals surface area (Å²) in [6.45, 7) is -0.490. The number of likely N-dealkylation sites (N-methyl/N-ethyl adjacent to an activating group) is 4. The molecule has 0 fully saturated rings. The molecule has 2 N–H and O–H groups in total. The molecule has 0 radical (unpaired) electrons. The van der Waals surface area contributed by atoms with E-state index in [0.717, 1.165) is 4.90 Å². The third-order valence-corrected chi connectivity index (χ3v) is 2.47. The molecule has 0 bridgehead atoms. The maximum Gasteiger partial charge on any atom is 0.333 e. The molecule has 0 aliphatic rings. The fraction of sp³-hybridized carbons (Fsp3) is 0.667. The van der Waals surface area contributed by atoms with Crippen LogP contribution in [0.4, 0.5) is 0 Å². The van der Waals surface area contributed by atoms with E-state index in [2.05, 4.69) is 15.4 Å². The monoisotopic (exact) mass is 302 g/mol. The number of carbonyl (C=O) groups is 4. The van der Waals surface area contributed by atoms with Crippen LogP contribution >= 0.6 is 0 Å². The van der Waals surface area contributed by atoms with E-state index in [1.807, 2.05) is 0 Å². The molecular weight excluding hydrogens is 280 g/mol. The molecule has 0 aliphatic heterocycles. The van der Waals surface area contributed by atoms with Gasteiger partial charge >= 0.3 is 11.9 Å². The predicted molar refractivity (Wildman–Crippen MR) is 74.2 cm³/mol. The molecule has 0 aromatic rings. The van der Waals surface area contributed by atoms with Gasteiger partial charge in [-0.15, -0.1) is 0 Å². The van der Waals surface area contributed by atoms with E-state index < -0.39 is 17.8 Å². The zero-order valence-electron chi connectivity index (χ0n) is 12.8. The summed E-state index contributed by atoms with van der Waals surface area (Å²) in [5.74, 6) is -2.22. The number of nitrogens with one attached hydrogen (secondary N) is 2. The number of nitrogens with zero attached hydrogens (tertiary/aromatic N) is 2. The van der Waals surface area contributed by atoms with E-state index in [4.69, 9.17) is 0 Å². The van der Waals surface area contributed by atoms with Crippen molar-refractivity contribution in [1.82, 2.24) is 20.4 Å². The first-order chi connectivity index (χ1) is 9.81. The lowest BCUT2D eigenvalue weighted by molar-refractivity contribution is -0.161. The molecule has 0 saturated heterocycles. The molecule has 0 saturated carbocycles. The molecule has 0 atom stereocenters. The first-order valence-electron chi connectivity index (χ1n) is 6.32. The number of amides is 2. The average Bonchev–Trinajstić information content (AvgIpc) is 2.38. The summed E-state index contributed by atoms with van der Waals surface area (Å²) in [6, 6.07) is 0. The van der Waals surface area contributed by atoms with Gasteiger partial charge in [0.05, 0.1) is 19.6 Å². The molecule has 9 nitrogen and oxygen atoms in total.